The van der Waals surface area contributed by atoms with Gasteiger partial charge in [-0.15, -0.1) is 0 Å². The van der Waals surface area contributed by atoms with Crippen molar-refractivity contribution in [1.29, 1.82) is 0 Å². The van der Waals surface area contributed by atoms with E-state index in [2.05, 4.69) is 0 Å². The molecule has 0 fully saturated rings. The molecule has 0 saturated heterocycles. The average molecular weight is 663 g/mol. The summed E-state index contributed by atoms with van der Waals surface area (Å²) in [4.78, 5) is 13.4. The number of nitrogens with zero attached hydrogens (tertiary/aromatic N) is 8. The topological polar surface area (TPSA) is 109 Å². The van der Waals surface area contributed by atoms with E-state index in [9.17, 15) is 0 Å². The molecule has 0 aliphatic carbocycles. The van der Waals surface area contributed by atoms with Gasteiger partial charge in [-0.05, 0) is 48.5 Å². The van der Waals surface area contributed by atoms with Gasteiger partial charge in [0.1, 0.15) is 22.4 Å². The van der Waals surface area contributed by atoms with Gasteiger partial charge in [0.25, 0.3) is 0 Å². The maximum atomic E-state index is 6.52. The number of fused-ring (bicyclic) bond motifs is 2. The molecule has 230 valence electrons. The second-order valence-corrected chi connectivity index (χ2v) is 11.8. The molecule has 0 radical (unpaired) electrons. The third kappa shape index (κ3) is 4.78. The van der Waals surface area contributed by atoms with Gasteiger partial charge in [0.2, 0.25) is 0 Å². The molecule has 1 aliphatic heterocycles. The minimum absolute atomic E-state index is 0.404. The number of benzene rings is 5. The van der Waals surface area contributed by atoms with Crippen molar-refractivity contribution < 1.29 is 8.83 Å². The van der Waals surface area contributed by atoms with Crippen LogP contribution in [0.1, 0.15) is 0 Å². The molecule has 1 aliphatic rings. The lowest BCUT2D eigenvalue weighted by Gasteiger charge is -2.21. The zero-order valence-electron chi connectivity index (χ0n) is 24.9. The summed E-state index contributed by atoms with van der Waals surface area (Å²) in [7, 11) is 0. The number of oxazole rings is 2. The van der Waals surface area contributed by atoms with Gasteiger partial charge in [-0.3, -0.25) is 9.80 Å². The van der Waals surface area contributed by atoms with Crippen LogP contribution in [0.15, 0.2) is 151 Å². The monoisotopic (exact) mass is 662 g/mol. The van der Waals surface area contributed by atoms with E-state index in [0.29, 0.717) is 57.1 Å². The van der Waals surface area contributed by atoms with E-state index in [0.717, 1.165) is 45.8 Å². The van der Waals surface area contributed by atoms with Crippen molar-refractivity contribution >= 4 is 80.3 Å². The van der Waals surface area contributed by atoms with Gasteiger partial charge in [0.15, 0.2) is 11.5 Å². The summed E-state index contributed by atoms with van der Waals surface area (Å²) in [5.74, 6) is 1.00. The van der Waals surface area contributed by atoms with Crippen molar-refractivity contribution in [2.75, 3.05) is 9.80 Å². The molecular weight excluding hydrogens is 641 g/mol. The molecule has 0 N–H and O–H groups in total. The summed E-state index contributed by atoms with van der Waals surface area (Å²) < 4.78 is 31.9. The van der Waals surface area contributed by atoms with Crippen LogP contribution < -0.4 is 9.80 Å². The van der Waals surface area contributed by atoms with E-state index in [-0.39, 0.29) is 0 Å². The molecule has 10 nitrogen and oxygen atoms in total. The van der Waals surface area contributed by atoms with Crippen LogP contribution in [0, 0.1) is 0 Å². The second kappa shape index (κ2) is 11.8. The SMILES string of the molecule is c1ccc(N(c2ccccc2)c2ncc(-c3c4c(c(-c5cnc(N(c6ccccc6)c6ccccc6)o5)c5nsnc35)N=S=N4)o2)cc1. The molecule has 3 aromatic heterocycles. The van der Waals surface area contributed by atoms with Gasteiger partial charge in [-0.2, -0.15) is 17.5 Å². The highest BCUT2D eigenvalue weighted by atomic mass is 32.1. The van der Waals surface area contributed by atoms with Crippen LogP contribution in [0.25, 0.3) is 33.7 Å². The van der Waals surface area contributed by atoms with Crippen LogP contribution in [0.3, 0.4) is 0 Å². The highest BCUT2D eigenvalue weighted by Gasteiger charge is 2.31. The molecule has 0 amide bonds. The quantitative estimate of drug-likeness (QED) is 0.158. The molecule has 0 atom stereocenters. The summed E-state index contributed by atoms with van der Waals surface area (Å²) in [6.45, 7) is 0. The molecule has 0 unspecified atom stereocenters. The second-order valence-electron chi connectivity index (χ2n) is 10.7. The Hall–Kier alpha value is -6.24. The van der Waals surface area contributed by atoms with Crippen molar-refractivity contribution in [1.82, 2.24) is 18.7 Å². The average Bonchev–Trinajstić information content (AvgIpc) is 3.98. The number of rotatable bonds is 8. The normalized spacial score (nSPS) is 11.8. The van der Waals surface area contributed by atoms with E-state index in [4.69, 9.17) is 36.3 Å². The Morgan fingerprint density at radius 2 is 0.812 bits per heavy atom. The number of aromatic nitrogens is 4. The Morgan fingerprint density at radius 1 is 0.458 bits per heavy atom. The van der Waals surface area contributed by atoms with Gasteiger partial charge >= 0.3 is 12.0 Å². The fourth-order valence-corrected chi connectivity index (χ4v) is 6.86. The zero-order chi connectivity index (χ0) is 31.9. The van der Waals surface area contributed by atoms with E-state index >= 15 is 0 Å². The van der Waals surface area contributed by atoms with Gasteiger partial charge in [-0.1, -0.05) is 72.8 Å². The molecular formula is C36H22N8O2S2. The van der Waals surface area contributed by atoms with E-state index in [1.54, 1.807) is 12.4 Å². The summed E-state index contributed by atoms with van der Waals surface area (Å²) in [6, 6.07) is 40.7. The fourth-order valence-electron chi connectivity index (χ4n) is 5.74. The lowest BCUT2D eigenvalue weighted by atomic mass is 10.0. The van der Waals surface area contributed by atoms with Crippen molar-refractivity contribution in [2.24, 2.45) is 8.73 Å². The standard InChI is InChI=1S/C36H22N8O2S2/c1-5-13-23(14-6-1)43(24-15-7-2-8-16-24)35-37-21-27(45-35)29-31-33(41-47-39-31)30(34-32(29)40-48-42-34)28-22-38-36(46-28)44(25-17-9-3-10-18-25)26-19-11-4-12-20-26/h1-22H. The van der Waals surface area contributed by atoms with E-state index in [1.165, 1.54) is 0 Å². The Morgan fingerprint density at radius 3 is 1.17 bits per heavy atom. The molecule has 4 heterocycles. The minimum atomic E-state index is 0.404. The number of para-hydroxylation sites is 4. The summed E-state index contributed by atoms with van der Waals surface area (Å²) in [5, 5.41) is 0. The molecule has 12 heteroatoms. The Kier molecular flexibility index (Phi) is 6.91. The smallest absolute Gasteiger partial charge is 0.307 e. The highest BCUT2D eigenvalue weighted by Crippen LogP contribution is 2.53. The van der Waals surface area contributed by atoms with Gasteiger partial charge in [0, 0.05) is 0 Å². The van der Waals surface area contributed by atoms with Crippen LogP contribution in [-0.2, 0) is 11.4 Å². The maximum absolute atomic E-state index is 6.52. The third-order valence-corrected chi connectivity index (χ3v) is 8.90. The summed E-state index contributed by atoms with van der Waals surface area (Å²) >= 11 is 2.20. The van der Waals surface area contributed by atoms with Crippen LogP contribution >= 0.6 is 11.7 Å². The molecule has 0 spiro atoms. The molecule has 0 saturated carbocycles. The molecule has 48 heavy (non-hydrogen) atoms. The molecule has 8 aromatic rings. The lowest BCUT2D eigenvalue weighted by Crippen LogP contribution is -2.09. The van der Waals surface area contributed by atoms with E-state index in [1.807, 2.05) is 131 Å². The van der Waals surface area contributed by atoms with Crippen molar-refractivity contribution in [3.63, 3.8) is 0 Å². The first kappa shape index (κ1) is 28.0. The fraction of sp³-hybridized carbons (Fsp3) is 0. The van der Waals surface area contributed by atoms with Crippen LogP contribution in [0.4, 0.5) is 46.2 Å². The number of hydrogen-bond donors (Lipinski definition) is 0. The maximum Gasteiger partial charge on any atom is 0.307 e. The third-order valence-electron chi connectivity index (χ3n) is 7.84. The Balaban J connectivity index is 1.17. The van der Waals surface area contributed by atoms with Crippen LogP contribution in [0.5, 0.6) is 0 Å². The largest absolute Gasteiger partial charge is 0.423 e. The van der Waals surface area contributed by atoms with Crippen LogP contribution in [0.2, 0.25) is 0 Å². The van der Waals surface area contributed by atoms with Gasteiger partial charge in [0.05, 0.1) is 69.4 Å². The van der Waals surface area contributed by atoms with Crippen molar-refractivity contribution in [2.45, 2.75) is 0 Å². The molecule has 5 aromatic carbocycles. The van der Waals surface area contributed by atoms with Gasteiger partial charge in [-0.25, -0.2) is 9.97 Å². The Bertz CT molecular complexity index is 2210. The van der Waals surface area contributed by atoms with Crippen LogP contribution in [-0.4, -0.2) is 18.7 Å². The van der Waals surface area contributed by atoms with Gasteiger partial charge < -0.3 is 8.83 Å². The first-order chi connectivity index (χ1) is 23.8. The lowest BCUT2D eigenvalue weighted by molar-refractivity contribution is 0.578. The first-order valence-corrected chi connectivity index (χ1v) is 16.4. The van der Waals surface area contributed by atoms with E-state index < -0.39 is 0 Å². The summed E-state index contributed by atoms with van der Waals surface area (Å²) in [5.41, 5.74) is 7.44. The predicted molar refractivity (Wildman–Crippen MR) is 189 cm³/mol. The molecule has 9 rings (SSSR count). The highest BCUT2D eigenvalue weighted by molar-refractivity contribution is 7.58. The zero-order valence-corrected chi connectivity index (χ0v) is 26.5. The van der Waals surface area contributed by atoms with Crippen molar-refractivity contribution in [3.8, 4) is 22.6 Å². The van der Waals surface area contributed by atoms with Crippen molar-refractivity contribution in [3.05, 3.63) is 134 Å². The summed E-state index contributed by atoms with van der Waals surface area (Å²) in [6.07, 6.45) is 3.40. The predicted octanol–water partition coefficient (Wildman–Crippen LogP) is 10.7. The number of anilines is 6. The Labute approximate surface area is 281 Å². The molecule has 0 bridgehead atoms. The first-order valence-electron chi connectivity index (χ1n) is 15.0. The minimum Gasteiger partial charge on any atom is -0.423 e. The number of hydrogen-bond acceptors (Lipinski definition) is 11.